The van der Waals surface area contributed by atoms with Gasteiger partial charge in [0.2, 0.25) is 0 Å². The van der Waals surface area contributed by atoms with E-state index in [2.05, 4.69) is 31.3 Å². The van der Waals surface area contributed by atoms with Crippen LogP contribution in [0, 0.1) is 20.8 Å². The monoisotopic (exact) mass is 276 g/mol. The Morgan fingerprint density at radius 2 is 1.85 bits per heavy atom. The van der Waals surface area contributed by atoms with Gasteiger partial charge in [-0.2, -0.15) is 0 Å². The molecule has 110 valence electrons. The van der Waals surface area contributed by atoms with Crippen LogP contribution in [0.5, 0.6) is 5.75 Å². The zero-order valence-corrected chi connectivity index (χ0v) is 12.7. The van der Waals surface area contributed by atoms with Crippen LogP contribution in [0.15, 0.2) is 12.1 Å². The first-order chi connectivity index (χ1) is 9.59. The molecule has 4 heteroatoms. The zero-order valence-electron chi connectivity index (χ0n) is 12.7. The number of urea groups is 1. The zero-order chi connectivity index (χ0) is 14.5. The van der Waals surface area contributed by atoms with Crippen molar-refractivity contribution in [3.05, 3.63) is 28.8 Å². The van der Waals surface area contributed by atoms with Crippen molar-refractivity contribution < 1.29 is 9.53 Å². The van der Waals surface area contributed by atoms with Crippen molar-refractivity contribution in [2.45, 2.75) is 33.6 Å². The third-order valence-electron chi connectivity index (χ3n) is 3.89. The molecule has 1 N–H and O–H groups in total. The van der Waals surface area contributed by atoms with Crippen LogP contribution in [0.3, 0.4) is 0 Å². The van der Waals surface area contributed by atoms with Crippen LogP contribution in [0.2, 0.25) is 0 Å². The molecular formula is C16H24N2O2. The van der Waals surface area contributed by atoms with Crippen molar-refractivity contribution in [3.63, 3.8) is 0 Å². The van der Waals surface area contributed by atoms with Crippen LogP contribution in [0.1, 0.15) is 29.5 Å². The second kappa shape index (κ2) is 6.64. The molecule has 2 amide bonds. The fourth-order valence-corrected chi connectivity index (χ4v) is 2.49. The first-order valence-electron chi connectivity index (χ1n) is 7.32. The van der Waals surface area contributed by atoms with E-state index in [4.69, 9.17) is 4.74 Å². The van der Waals surface area contributed by atoms with E-state index in [1.807, 2.05) is 11.8 Å². The molecular weight excluding hydrogens is 252 g/mol. The molecule has 1 heterocycles. The number of rotatable bonds is 4. The minimum absolute atomic E-state index is 0.0313. The average Bonchev–Trinajstić information content (AvgIpc) is 2.96. The second-order valence-corrected chi connectivity index (χ2v) is 5.43. The van der Waals surface area contributed by atoms with Gasteiger partial charge in [0.25, 0.3) is 0 Å². The Hall–Kier alpha value is -1.71. The summed E-state index contributed by atoms with van der Waals surface area (Å²) in [6.07, 6.45) is 2.23. The van der Waals surface area contributed by atoms with E-state index >= 15 is 0 Å². The number of hydrogen-bond acceptors (Lipinski definition) is 2. The molecule has 1 aromatic carbocycles. The number of nitrogens with one attached hydrogen (secondary N) is 1. The normalized spacial score (nSPS) is 14.4. The highest BCUT2D eigenvalue weighted by Gasteiger charge is 2.17. The van der Waals surface area contributed by atoms with Crippen LogP contribution in [0.4, 0.5) is 4.79 Å². The Kier molecular flexibility index (Phi) is 4.88. The van der Waals surface area contributed by atoms with Gasteiger partial charge in [-0.05, 0) is 50.3 Å². The number of ether oxygens (including phenoxy) is 1. The van der Waals surface area contributed by atoms with Crippen LogP contribution in [0.25, 0.3) is 0 Å². The van der Waals surface area contributed by atoms with Crippen LogP contribution < -0.4 is 10.1 Å². The van der Waals surface area contributed by atoms with Gasteiger partial charge < -0.3 is 15.0 Å². The van der Waals surface area contributed by atoms with Gasteiger partial charge >= 0.3 is 6.03 Å². The molecule has 0 aromatic heterocycles. The fraction of sp³-hybridized carbons (Fsp3) is 0.562. The molecule has 0 aliphatic carbocycles. The molecule has 1 aliphatic rings. The van der Waals surface area contributed by atoms with Gasteiger partial charge in [0, 0.05) is 13.1 Å². The summed E-state index contributed by atoms with van der Waals surface area (Å²) in [5.74, 6) is 0.945. The van der Waals surface area contributed by atoms with Crippen molar-refractivity contribution in [2.75, 3.05) is 26.2 Å². The lowest BCUT2D eigenvalue weighted by molar-refractivity contribution is 0.205. The fourth-order valence-electron chi connectivity index (χ4n) is 2.49. The number of nitrogens with zero attached hydrogens (tertiary/aromatic N) is 1. The Morgan fingerprint density at radius 1 is 1.20 bits per heavy atom. The summed E-state index contributed by atoms with van der Waals surface area (Å²) in [5.41, 5.74) is 3.54. The van der Waals surface area contributed by atoms with Crippen molar-refractivity contribution >= 4 is 6.03 Å². The Morgan fingerprint density at radius 3 is 2.55 bits per heavy atom. The number of carbonyl (C=O) groups excluding carboxylic acids is 1. The quantitative estimate of drug-likeness (QED) is 0.859. The van der Waals surface area contributed by atoms with Crippen molar-refractivity contribution in [1.29, 1.82) is 0 Å². The van der Waals surface area contributed by atoms with Crippen molar-refractivity contribution in [1.82, 2.24) is 10.2 Å². The summed E-state index contributed by atoms with van der Waals surface area (Å²) in [5, 5.41) is 2.91. The summed E-state index contributed by atoms with van der Waals surface area (Å²) in [4.78, 5) is 13.7. The lowest BCUT2D eigenvalue weighted by Crippen LogP contribution is -2.39. The molecule has 0 unspecified atom stereocenters. The highest BCUT2D eigenvalue weighted by molar-refractivity contribution is 5.74. The van der Waals surface area contributed by atoms with Crippen LogP contribution in [-0.2, 0) is 0 Å². The molecule has 20 heavy (non-hydrogen) atoms. The van der Waals surface area contributed by atoms with E-state index in [1.54, 1.807) is 0 Å². The maximum absolute atomic E-state index is 11.8. The molecule has 4 nitrogen and oxygen atoms in total. The van der Waals surface area contributed by atoms with E-state index in [-0.39, 0.29) is 6.03 Å². The summed E-state index contributed by atoms with van der Waals surface area (Å²) < 4.78 is 5.83. The average molecular weight is 276 g/mol. The predicted octanol–water partition coefficient (Wildman–Crippen LogP) is 2.80. The number of benzene rings is 1. The van der Waals surface area contributed by atoms with E-state index < -0.39 is 0 Å². The van der Waals surface area contributed by atoms with E-state index in [0.717, 1.165) is 37.2 Å². The van der Waals surface area contributed by atoms with Gasteiger partial charge in [-0.1, -0.05) is 12.1 Å². The van der Waals surface area contributed by atoms with Gasteiger partial charge in [0.1, 0.15) is 12.4 Å². The third-order valence-corrected chi connectivity index (χ3v) is 3.89. The third kappa shape index (κ3) is 3.44. The molecule has 1 saturated heterocycles. The maximum Gasteiger partial charge on any atom is 0.317 e. The highest BCUT2D eigenvalue weighted by Crippen LogP contribution is 2.25. The lowest BCUT2D eigenvalue weighted by Gasteiger charge is -2.17. The standard InChI is InChI=1S/C16H24N2O2/c1-12-6-7-13(2)15(14(12)3)20-11-8-17-16(19)18-9-4-5-10-18/h6-7H,4-5,8-11H2,1-3H3,(H,17,19). The summed E-state index contributed by atoms with van der Waals surface area (Å²) >= 11 is 0. The smallest absolute Gasteiger partial charge is 0.317 e. The Labute approximate surface area is 121 Å². The lowest BCUT2D eigenvalue weighted by atomic mass is 10.1. The van der Waals surface area contributed by atoms with Crippen LogP contribution >= 0.6 is 0 Å². The number of carbonyl (C=O) groups is 1. The molecule has 1 fully saturated rings. The molecule has 0 radical (unpaired) electrons. The van der Waals surface area contributed by atoms with Gasteiger partial charge in [-0.25, -0.2) is 4.79 Å². The van der Waals surface area contributed by atoms with Crippen molar-refractivity contribution in [2.24, 2.45) is 0 Å². The molecule has 1 aliphatic heterocycles. The van der Waals surface area contributed by atoms with Crippen molar-refractivity contribution in [3.8, 4) is 5.75 Å². The first kappa shape index (κ1) is 14.7. The number of amides is 2. The Bertz CT molecular complexity index is 480. The predicted molar refractivity (Wildman–Crippen MR) is 80.4 cm³/mol. The second-order valence-electron chi connectivity index (χ2n) is 5.43. The summed E-state index contributed by atoms with van der Waals surface area (Å²) in [6.45, 7) is 9.00. The summed E-state index contributed by atoms with van der Waals surface area (Å²) in [6, 6.07) is 4.21. The minimum atomic E-state index is 0.0313. The van der Waals surface area contributed by atoms with Gasteiger partial charge in [-0.3, -0.25) is 0 Å². The molecule has 2 rings (SSSR count). The largest absolute Gasteiger partial charge is 0.491 e. The topological polar surface area (TPSA) is 41.6 Å². The Balaban J connectivity index is 1.78. The first-order valence-corrected chi connectivity index (χ1v) is 7.32. The molecule has 0 atom stereocenters. The molecule has 0 bridgehead atoms. The summed E-state index contributed by atoms with van der Waals surface area (Å²) in [7, 11) is 0. The molecule has 1 aromatic rings. The minimum Gasteiger partial charge on any atom is -0.491 e. The maximum atomic E-state index is 11.8. The van der Waals surface area contributed by atoms with Gasteiger partial charge in [0.15, 0.2) is 0 Å². The van der Waals surface area contributed by atoms with Gasteiger partial charge in [0.05, 0.1) is 6.54 Å². The number of aryl methyl sites for hydroxylation is 2. The van der Waals surface area contributed by atoms with Crippen LogP contribution in [-0.4, -0.2) is 37.2 Å². The molecule has 0 saturated carbocycles. The van der Waals surface area contributed by atoms with E-state index in [1.165, 1.54) is 11.1 Å². The highest BCUT2D eigenvalue weighted by atomic mass is 16.5. The SMILES string of the molecule is Cc1ccc(C)c(OCCNC(=O)N2CCCC2)c1C. The number of hydrogen-bond donors (Lipinski definition) is 1. The van der Waals surface area contributed by atoms with E-state index in [9.17, 15) is 4.79 Å². The van der Waals surface area contributed by atoms with E-state index in [0.29, 0.717) is 13.2 Å². The molecule has 0 spiro atoms. The van der Waals surface area contributed by atoms with Gasteiger partial charge in [-0.15, -0.1) is 0 Å². The number of likely N-dealkylation sites (tertiary alicyclic amines) is 1.